The highest BCUT2D eigenvalue weighted by atomic mass is 32.2. The molecule has 0 bridgehead atoms. The summed E-state index contributed by atoms with van der Waals surface area (Å²) < 4.78 is 0. The number of amides is 1. The summed E-state index contributed by atoms with van der Waals surface area (Å²) in [5.41, 5.74) is 3.08. The van der Waals surface area contributed by atoms with Crippen molar-refractivity contribution in [3.05, 3.63) is 59.7 Å². The summed E-state index contributed by atoms with van der Waals surface area (Å²) in [5.74, 6) is 0.828. The average Bonchev–Trinajstić information content (AvgIpc) is 2.71. The molecule has 0 radical (unpaired) electrons. The Kier molecular flexibility index (Phi) is 9.70. The van der Waals surface area contributed by atoms with Crippen LogP contribution in [-0.2, 0) is 17.9 Å². The van der Waals surface area contributed by atoms with Gasteiger partial charge in [-0.25, -0.2) is 4.99 Å². The monoisotopic (exact) mass is 427 g/mol. The Morgan fingerprint density at radius 3 is 2.43 bits per heavy atom. The van der Waals surface area contributed by atoms with Crippen LogP contribution in [0.1, 0.15) is 18.1 Å². The number of carbonyl (C=O) groups excluding carboxylic acids is 1. The van der Waals surface area contributed by atoms with Crippen molar-refractivity contribution in [2.24, 2.45) is 4.99 Å². The quantitative estimate of drug-likeness (QED) is 0.364. The topological polar surface area (TPSA) is 60.0 Å². The maximum Gasteiger partial charge on any atom is 0.238 e. The highest BCUT2D eigenvalue weighted by Gasteiger charge is 2.08. The van der Waals surface area contributed by atoms with Crippen LogP contribution in [0.15, 0.2) is 58.4 Å². The number of nitrogens with zero attached hydrogens (tertiary/aromatic N) is 3. The Bertz CT molecular complexity index is 836. The maximum atomic E-state index is 12.0. The highest BCUT2D eigenvalue weighted by Crippen LogP contribution is 2.16. The standard InChI is InChI=1S/C23H33N5OS/c1-6-24-23(28(4)16-18-10-12-21(30-5)13-11-18)25-15-19-8-7-9-20(14-19)26-22(29)17-27(2)3/h7-14H,6,15-17H2,1-5H3,(H,24,25)(H,26,29). The van der Waals surface area contributed by atoms with Gasteiger partial charge in [0.25, 0.3) is 0 Å². The number of guanidine groups is 1. The fourth-order valence-corrected chi connectivity index (χ4v) is 3.36. The zero-order valence-corrected chi connectivity index (χ0v) is 19.4. The molecule has 162 valence electrons. The number of aliphatic imine (C=N–C) groups is 1. The molecule has 0 spiro atoms. The number of carbonyl (C=O) groups is 1. The number of hydrogen-bond donors (Lipinski definition) is 2. The fourth-order valence-electron chi connectivity index (χ4n) is 2.95. The molecule has 2 aromatic rings. The van der Waals surface area contributed by atoms with Gasteiger partial charge in [0.05, 0.1) is 13.1 Å². The molecule has 30 heavy (non-hydrogen) atoms. The van der Waals surface area contributed by atoms with Crippen molar-refractivity contribution < 1.29 is 4.79 Å². The van der Waals surface area contributed by atoms with E-state index in [9.17, 15) is 4.79 Å². The minimum Gasteiger partial charge on any atom is -0.357 e. The van der Waals surface area contributed by atoms with Crippen molar-refractivity contribution in [2.75, 3.05) is 45.8 Å². The van der Waals surface area contributed by atoms with E-state index in [1.807, 2.05) is 50.3 Å². The third kappa shape index (κ3) is 8.08. The molecule has 0 aliphatic carbocycles. The summed E-state index contributed by atoms with van der Waals surface area (Å²) in [5, 5.41) is 6.29. The van der Waals surface area contributed by atoms with Crippen molar-refractivity contribution in [3.8, 4) is 0 Å². The van der Waals surface area contributed by atoms with Crippen LogP contribution in [0.4, 0.5) is 5.69 Å². The first-order valence-corrected chi connectivity index (χ1v) is 11.3. The first-order valence-electron chi connectivity index (χ1n) is 10.1. The van der Waals surface area contributed by atoms with Crippen molar-refractivity contribution in [2.45, 2.75) is 24.9 Å². The zero-order chi connectivity index (χ0) is 21.9. The second-order valence-corrected chi connectivity index (χ2v) is 8.24. The molecule has 2 aromatic carbocycles. The van der Waals surface area contributed by atoms with E-state index in [0.717, 1.165) is 30.3 Å². The van der Waals surface area contributed by atoms with Crippen molar-refractivity contribution in [3.63, 3.8) is 0 Å². The molecule has 1 amide bonds. The Balaban J connectivity index is 2.04. The summed E-state index contributed by atoms with van der Waals surface area (Å²) in [4.78, 5) is 22.0. The van der Waals surface area contributed by atoms with Crippen molar-refractivity contribution in [1.29, 1.82) is 0 Å². The molecule has 0 unspecified atom stereocenters. The molecule has 2 N–H and O–H groups in total. The molecular formula is C23H33N5OS. The number of likely N-dealkylation sites (N-methyl/N-ethyl adjacent to an activating group) is 1. The van der Waals surface area contributed by atoms with Gasteiger partial charge in [-0.2, -0.15) is 0 Å². The van der Waals surface area contributed by atoms with Gasteiger partial charge in [0, 0.05) is 30.7 Å². The summed E-state index contributed by atoms with van der Waals surface area (Å²) in [6, 6.07) is 16.5. The molecule has 0 heterocycles. The van der Waals surface area contributed by atoms with E-state index in [4.69, 9.17) is 4.99 Å². The molecule has 0 aliphatic rings. The summed E-state index contributed by atoms with van der Waals surface area (Å²) in [7, 11) is 5.79. The molecule has 0 atom stereocenters. The lowest BCUT2D eigenvalue weighted by molar-refractivity contribution is -0.116. The molecular weight excluding hydrogens is 394 g/mol. The van der Waals surface area contributed by atoms with Crippen molar-refractivity contribution in [1.82, 2.24) is 15.1 Å². The van der Waals surface area contributed by atoms with E-state index in [1.54, 1.807) is 11.8 Å². The van der Waals surface area contributed by atoms with E-state index in [2.05, 4.69) is 53.0 Å². The Labute approximate surface area is 184 Å². The van der Waals surface area contributed by atoms with Crippen LogP contribution in [0.2, 0.25) is 0 Å². The smallest absolute Gasteiger partial charge is 0.238 e. The van der Waals surface area contributed by atoms with Gasteiger partial charge in [-0.05, 0) is 62.7 Å². The minimum absolute atomic E-state index is 0.0267. The minimum atomic E-state index is -0.0267. The molecule has 0 aliphatic heterocycles. The van der Waals surface area contributed by atoms with E-state index in [1.165, 1.54) is 10.5 Å². The van der Waals surface area contributed by atoms with Crippen LogP contribution < -0.4 is 10.6 Å². The van der Waals surface area contributed by atoms with Gasteiger partial charge < -0.3 is 20.4 Å². The normalized spacial score (nSPS) is 11.5. The second-order valence-electron chi connectivity index (χ2n) is 7.36. The molecule has 2 rings (SSSR count). The molecule has 0 saturated carbocycles. The summed E-state index contributed by atoms with van der Waals surface area (Å²) in [6.45, 7) is 4.54. The van der Waals surface area contributed by atoms with Gasteiger partial charge in [-0.15, -0.1) is 11.8 Å². The SMILES string of the molecule is CCNC(=NCc1cccc(NC(=O)CN(C)C)c1)N(C)Cc1ccc(SC)cc1. The summed E-state index contributed by atoms with van der Waals surface area (Å²) >= 11 is 1.75. The van der Waals surface area contributed by atoms with Crippen LogP contribution in [0.25, 0.3) is 0 Å². The number of thioether (sulfide) groups is 1. The first kappa shape index (κ1) is 23.8. The Hall–Kier alpha value is -2.51. The molecule has 7 heteroatoms. The Morgan fingerprint density at radius 2 is 1.80 bits per heavy atom. The first-order chi connectivity index (χ1) is 14.4. The average molecular weight is 428 g/mol. The predicted molar refractivity (Wildman–Crippen MR) is 128 cm³/mol. The van der Waals surface area contributed by atoms with Gasteiger partial charge >= 0.3 is 0 Å². The van der Waals surface area contributed by atoms with Gasteiger partial charge in [-0.3, -0.25) is 4.79 Å². The second kappa shape index (κ2) is 12.2. The number of rotatable bonds is 9. The molecule has 6 nitrogen and oxygen atoms in total. The van der Waals surface area contributed by atoms with Gasteiger partial charge in [0.1, 0.15) is 0 Å². The van der Waals surface area contributed by atoms with Crippen LogP contribution in [0.5, 0.6) is 0 Å². The maximum absolute atomic E-state index is 12.0. The van der Waals surface area contributed by atoms with E-state index in [0.29, 0.717) is 13.1 Å². The van der Waals surface area contributed by atoms with Crippen LogP contribution in [0.3, 0.4) is 0 Å². The van der Waals surface area contributed by atoms with E-state index < -0.39 is 0 Å². The molecule has 0 aromatic heterocycles. The van der Waals surface area contributed by atoms with E-state index in [-0.39, 0.29) is 5.91 Å². The number of benzene rings is 2. The third-order valence-electron chi connectivity index (χ3n) is 4.36. The lowest BCUT2D eigenvalue weighted by atomic mass is 10.2. The Morgan fingerprint density at radius 1 is 1.07 bits per heavy atom. The number of nitrogens with one attached hydrogen (secondary N) is 2. The fraction of sp³-hybridized carbons (Fsp3) is 0.391. The third-order valence-corrected chi connectivity index (χ3v) is 5.10. The lowest BCUT2D eigenvalue weighted by Crippen LogP contribution is -2.38. The molecule has 0 fully saturated rings. The largest absolute Gasteiger partial charge is 0.357 e. The highest BCUT2D eigenvalue weighted by molar-refractivity contribution is 7.98. The molecule has 0 saturated heterocycles. The predicted octanol–water partition coefficient (Wildman–Crippen LogP) is 3.51. The van der Waals surface area contributed by atoms with Crippen LogP contribution in [-0.4, -0.2) is 62.2 Å². The van der Waals surface area contributed by atoms with Crippen molar-refractivity contribution >= 4 is 29.3 Å². The van der Waals surface area contributed by atoms with E-state index >= 15 is 0 Å². The van der Waals surface area contributed by atoms with Gasteiger partial charge in [0.2, 0.25) is 5.91 Å². The van der Waals surface area contributed by atoms with Crippen LogP contribution >= 0.6 is 11.8 Å². The lowest BCUT2D eigenvalue weighted by Gasteiger charge is -2.22. The van der Waals surface area contributed by atoms with Crippen LogP contribution in [0, 0.1) is 0 Å². The summed E-state index contributed by atoms with van der Waals surface area (Å²) in [6.07, 6.45) is 2.08. The van der Waals surface area contributed by atoms with Gasteiger partial charge in [0.15, 0.2) is 5.96 Å². The van der Waals surface area contributed by atoms with Gasteiger partial charge in [-0.1, -0.05) is 24.3 Å². The zero-order valence-electron chi connectivity index (χ0n) is 18.6. The number of hydrogen-bond acceptors (Lipinski definition) is 4. The number of anilines is 1.